The molecule has 34 heavy (non-hydrogen) atoms. The van der Waals surface area contributed by atoms with E-state index >= 15 is 0 Å². The Balaban J connectivity index is 1.47. The molecule has 1 N–H and O–H groups in total. The van der Waals surface area contributed by atoms with Crippen LogP contribution < -0.4 is 5.69 Å². The van der Waals surface area contributed by atoms with Crippen LogP contribution in [0.2, 0.25) is 0 Å². The van der Waals surface area contributed by atoms with Crippen molar-refractivity contribution in [2.45, 2.75) is 26.8 Å². The molecule has 0 radical (unpaired) electrons. The van der Waals surface area contributed by atoms with Crippen LogP contribution in [-0.2, 0) is 13.0 Å². The quantitative estimate of drug-likeness (QED) is 0.402. The molecule has 0 aliphatic heterocycles. The van der Waals surface area contributed by atoms with E-state index in [1.54, 1.807) is 4.57 Å². The lowest BCUT2D eigenvalue weighted by atomic mass is 9.98. The zero-order valence-corrected chi connectivity index (χ0v) is 19.1. The van der Waals surface area contributed by atoms with Crippen molar-refractivity contribution in [3.05, 3.63) is 101 Å². The first kappa shape index (κ1) is 21.5. The summed E-state index contributed by atoms with van der Waals surface area (Å²) < 4.78 is 3.27. The Labute approximate surface area is 196 Å². The van der Waals surface area contributed by atoms with Gasteiger partial charge in [0.15, 0.2) is 5.82 Å². The van der Waals surface area contributed by atoms with Gasteiger partial charge in [-0.1, -0.05) is 80.6 Å². The Morgan fingerprint density at radius 2 is 1.59 bits per heavy atom. The number of nitrogens with zero attached hydrogens (tertiary/aromatic N) is 6. The molecule has 0 fully saturated rings. The maximum absolute atomic E-state index is 13.3. The summed E-state index contributed by atoms with van der Waals surface area (Å²) in [6, 6.07) is 25.8. The normalized spacial score (nSPS) is 11.3. The van der Waals surface area contributed by atoms with Gasteiger partial charge in [-0.15, -0.1) is 10.2 Å². The van der Waals surface area contributed by atoms with E-state index in [1.807, 2.05) is 54.6 Å². The third-order valence-electron chi connectivity index (χ3n) is 5.66. The smallest absolute Gasteiger partial charge is 0.274 e. The number of nitrogens with one attached hydrogen (secondary N) is 1. The molecule has 0 amide bonds. The van der Waals surface area contributed by atoms with Crippen LogP contribution in [0.25, 0.3) is 28.2 Å². The zero-order valence-electron chi connectivity index (χ0n) is 19.1. The van der Waals surface area contributed by atoms with Crippen molar-refractivity contribution >= 4 is 0 Å². The van der Waals surface area contributed by atoms with Gasteiger partial charge in [0.1, 0.15) is 5.82 Å². The fourth-order valence-corrected chi connectivity index (χ4v) is 4.04. The zero-order chi connectivity index (χ0) is 23.5. The standard InChI is InChI=1S/C26H25N7O/c1-18(2)16-24-29-33(21-8-4-3-5-9-21)26(34)32(24)17-19-12-14-20(15-13-19)22-10-6-7-11-23(22)25-27-30-31-28-25/h3-15,18H,16-17H2,1-2H3,(H,27,28,30,31). The fraction of sp³-hybridized carbons (Fsp3) is 0.192. The number of benzene rings is 3. The average Bonchev–Trinajstić information content (AvgIpc) is 3.50. The molecule has 0 atom stereocenters. The molecule has 0 aliphatic carbocycles. The van der Waals surface area contributed by atoms with Crippen LogP contribution in [0, 0.1) is 5.92 Å². The predicted octanol–water partition coefficient (Wildman–Crippen LogP) is 4.13. The number of hydrogen-bond donors (Lipinski definition) is 1. The van der Waals surface area contributed by atoms with E-state index < -0.39 is 0 Å². The van der Waals surface area contributed by atoms with Gasteiger partial charge in [-0.05, 0) is 45.2 Å². The molecule has 3 aromatic carbocycles. The molecule has 0 bridgehead atoms. The van der Waals surface area contributed by atoms with Crippen LogP contribution in [0.5, 0.6) is 0 Å². The summed E-state index contributed by atoms with van der Waals surface area (Å²) in [5.74, 6) is 1.79. The third kappa shape index (κ3) is 4.30. The van der Waals surface area contributed by atoms with Gasteiger partial charge in [-0.25, -0.2) is 9.89 Å². The van der Waals surface area contributed by atoms with Crippen LogP contribution in [0.3, 0.4) is 0 Å². The first-order valence-electron chi connectivity index (χ1n) is 11.3. The van der Waals surface area contributed by atoms with Gasteiger partial charge in [0.25, 0.3) is 0 Å². The fourth-order valence-electron chi connectivity index (χ4n) is 4.04. The molecule has 5 aromatic rings. The highest BCUT2D eigenvalue weighted by molar-refractivity contribution is 5.80. The highest BCUT2D eigenvalue weighted by atomic mass is 16.2. The molecule has 0 unspecified atom stereocenters. The maximum Gasteiger partial charge on any atom is 0.351 e. The molecule has 2 heterocycles. The minimum atomic E-state index is -0.130. The predicted molar refractivity (Wildman–Crippen MR) is 131 cm³/mol. The van der Waals surface area contributed by atoms with Crippen molar-refractivity contribution in [2.24, 2.45) is 5.92 Å². The van der Waals surface area contributed by atoms with Crippen molar-refractivity contribution in [3.63, 3.8) is 0 Å². The molecular formula is C26H25N7O. The van der Waals surface area contributed by atoms with Crippen LogP contribution in [-0.4, -0.2) is 35.0 Å². The molecule has 8 nitrogen and oxygen atoms in total. The summed E-state index contributed by atoms with van der Waals surface area (Å²) in [4.78, 5) is 13.3. The van der Waals surface area contributed by atoms with Crippen molar-refractivity contribution in [3.8, 4) is 28.2 Å². The summed E-state index contributed by atoms with van der Waals surface area (Å²) >= 11 is 0. The SMILES string of the molecule is CC(C)Cc1nn(-c2ccccc2)c(=O)n1Cc1ccc(-c2ccccc2-c2nnn[nH]2)cc1. The topological polar surface area (TPSA) is 94.3 Å². The molecule has 0 aliphatic rings. The second kappa shape index (κ2) is 9.27. The first-order chi connectivity index (χ1) is 16.6. The van der Waals surface area contributed by atoms with Gasteiger partial charge in [0.05, 0.1) is 12.2 Å². The Hall–Kier alpha value is -4.33. The van der Waals surface area contributed by atoms with Gasteiger partial charge < -0.3 is 0 Å². The average molecular weight is 452 g/mol. The highest BCUT2D eigenvalue weighted by Crippen LogP contribution is 2.29. The second-order valence-corrected chi connectivity index (χ2v) is 8.62. The number of hydrogen-bond acceptors (Lipinski definition) is 5. The van der Waals surface area contributed by atoms with Gasteiger partial charge in [-0.2, -0.15) is 4.68 Å². The Kier molecular flexibility index (Phi) is 5.86. The number of aromatic amines is 1. The molecule has 170 valence electrons. The number of para-hydroxylation sites is 1. The number of aromatic nitrogens is 7. The van der Waals surface area contributed by atoms with Crippen LogP contribution in [0.4, 0.5) is 0 Å². The summed E-state index contributed by atoms with van der Waals surface area (Å²) in [7, 11) is 0. The van der Waals surface area contributed by atoms with Gasteiger partial charge in [-0.3, -0.25) is 4.57 Å². The molecule has 0 spiro atoms. The lowest BCUT2D eigenvalue weighted by molar-refractivity contribution is 0.584. The first-order valence-corrected chi connectivity index (χ1v) is 11.3. The van der Waals surface area contributed by atoms with E-state index in [0.29, 0.717) is 18.3 Å². The van der Waals surface area contributed by atoms with Crippen LogP contribution in [0.1, 0.15) is 25.2 Å². The highest BCUT2D eigenvalue weighted by Gasteiger charge is 2.16. The van der Waals surface area contributed by atoms with E-state index in [4.69, 9.17) is 0 Å². The van der Waals surface area contributed by atoms with Crippen LogP contribution >= 0.6 is 0 Å². The third-order valence-corrected chi connectivity index (χ3v) is 5.66. The Morgan fingerprint density at radius 3 is 2.26 bits per heavy atom. The molecule has 0 saturated heterocycles. The molecule has 8 heteroatoms. The molecule has 2 aromatic heterocycles. The lowest BCUT2D eigenvalue weighted by Crippen LogP contribution is -2.25. The summed E-state index contributed by atoms with van der Waals surface area (Å²) in [5, 5.41) is 18.9. The molecular weight excluding hydrogens is 426 g/mol. The van der Waals surface area contributed by atoms with Crippen molar-refractivity contribution in [2.75, 3.05) is 0 Å². The molecule has 0 saturated carbocycles. The monoisotopic (exact) mass is 451 g/mol. The van der Waals surface area contributed by atoms with Gasteiger partial charge in [0, 0.05) is 12.0 Å². The molecule has 5 rings (SSSR count). The maximum atomic E-state index is 13.3. The summed E-state index contributed by atoms with van der Waals surface area (Å²) in [5.41, 5.74) is 4.67. The van der Waals surface area contributed by atoms with E-state index in [1.165, 1.54) is 4.68 Å². The van der Waals surface area contributed by atoms with Crippen molar-refractivity contribution in [1.82, 2.24) is 35.0 Å². The van der Waals surface area contributed by atoms with E-state index in [-0.39, 0.29) is 5.69 Å². The minimum absolute atomic E-state index is 0.130. The van der Waals surface area contributed by atoms with E-state index in [0.717, 1.165) is 40.2 Å². The van der Waals surface area contributed by atoms with E-state index in [9.17, 15) is 4.79 Å². The lowest BCUT2D eigenvalue weighted by Gasteiger charge is -2.10. The Bertz CT molecular complexity index is 1430. The summed E-state index contributed by atoms with van der Waals surface area (Å²) in [6.45, 7) is 4.72. The second-order valence-electron chi connectivity index (χ2n) is 8.62. The number of rotatable bonds is 7. The van der Waals surface area contributed by atoms with Crippen molar-refractivity contribution in [1.29, 1.82) is 0 Å². The largest absolute Gasteiger partial charge is 0.351 e. The minimum Gasteiger partial charge on any atom is -0.274 e. The Morgan fingerprint density at radius 1 is 0.882 bits per heavy atom. The van der Waals surface area contributed by atoms with Gasteiger partial charge >= 0.3 is 5.69 Å². The van der Waals surface area contributed by atoms with Crippen molar-refractivity contribution < 1.29 is 0 Å². The van der Waals surface area contributed by atoms with E-state index in [2.05, 4.69) is 63.8 Å². The number of tetrazole rings is 1. The van der Waals surface area contributed by atoms with Gasteiger partial charge in [0.2, 0.25) is 0 Å². The summed E-state index contributed by atoms with van der Waals surface area (Å²) in [6.07, 6.45) is 0.728. The van der Waals surface area contributed by atoms with Crippen LogP contribution in [0.15, 0.2) is 83.7 Å². The number of H-pyrrole nitrogens is 1.